The van der Waals surface area contributed by atoms with Crippen LogP contribution in [0.3, 0.4) is 0 Å². The van der Waals surface area contributed by atoms with Crippen LogP contribution in [-0.4, -0.2) is 65.2 Å². The van der Waals surface area contributed by atoms with E-state index in [4.69, 9.17) is 13.9 Å². The highest BCUT2D eigenvalue weighted by molar-refractivity contribution is 5.95. The molecule has 13 heteroatoms. The van der Waals surface area contributed by atoms with Gasteiger partial charge in [-0.15, -0.1) is 0 Å². The number of fused-ring (bicyclic) bond motifs is 1. The molecule has 0 spiro atoms. The monoisotopic (exact) mass is 552 g/mol. The molecule has 2 unspecified atom stereocenters. The van der Waals surface area contributed by atoms with Gasteiger partial charge in [-0.1, -0.05) is 42.5 Å². The number of carbonyl (C=O) groups is 5. The number of ether oxygens (including phenoxy) is 2. The van der Waals surface area contributed by atoms with Crippen molar-refractivity contribution in [3.63, 3.8) is 0 Å². The first-order valence-electron chi connectivity index (χ1n) is 12.5. The maximum atomic E-state index is 13.4. The Hall–Kier alpha value is -4.94. The number of carbonyl (C=O) groups excluding carboxylic acids is 4. The van der Waals surface area contributed by atoms with Gasteiger partial charge in [0.25, 0.3) is 0 Å². The number of aliphatic carboxylic acids is 1. The van der Waals surface area contributed by atoms with Gasteiger partial charge in [0.05, 0.1) is 13.5 Å². The fourth-order valence-electron chi connectivity index (χ4n) is 4.25. The average Bonchev–Trinajstić information content (AvgIpc) is 3.36. The number of para-hydroxylation sites is 1. The molecule has 13 nitrogen and oxygen atoms in total. The number of oxazole rings is 1. The van der Waals surface area contributed by atoms with Crippen molar-refractivity contribution < 1.29 is 43.0 Å². The third-order valence-corrected chi connectivity index (χ3v) is 6.25. The minimum Gasteiger partial charge on any atom is -0.481 e. The van der Waals surface area contributed by atoms with Crippen LogP contribution in [0.4, 0.5) is 4.79 Å². The molecular weight excluding hydrogens is 524 g/mol. The quantitative estimate of drug-likeness (QED) is 0.324. The number of nitrogens with one attached hydrogen (secondary N) is 3. The average molecular weight is 553 g/mol. The Bertz CT molecular complexity index is 1410. The lowest BCUT2D eigenvalue weighted by atomic mass is 10.0. The second-order valence-corrected chi connectivity index (χ2v) is 9.12. The smallest absolute Gasteiger partial charge is 0.408 e. The Balaban J connectivity index is 1.65. The van der Waals surface area contributed by atoms with Crippen molar-refractivity contribution in [2.45, 2.75) is 50.4 Å². The van der Waals surface area contributed by atoms with Crippen LogP contribution in [0, 0.1) is 0 Å². The number of hydrogen-bond acceptors (Lipinski definition) is 9. The van der Waals surface area contributed by atoms with E-state index in [1.165, 1.54) is 0 Å². The third kappa shape index (κ3) is 7.12. The molecule has 0 radical (unpaired) electrons. The summed E-state index contributed by atoms with van der Waals surface area (Å²) >= 11 is 0. The fourth-order valence-corrected chi connectivity index (χ4v) is 4.25. The number of benzene rings is 2. The molecule has 1 aliphatic heterocycles. The van der Waals surface area contributed by atoms with Gasteiger partial charge < -0.3 is 34.9 Å². The number of nitrogens with zero attached hydrogens (tertiary/aromatic N) is 1. The van der Waals surface area contributed by atoms with Gasteiger partial charge in [-0.2, -0.15) is 0 Å². The lowest BCUT2D eigenvalue weighted by Crippen LogP contribution is -2.57. The normalized spacial score (nSPS) is 19.7. The lowest BCUT2D eigenvalue weighted by molar-refractivity contribution is -0.146. The van der Waals surface area contributed by atoms with Gasteiger partial charge in [0.2, 0.25) is 11.8 Å². The first-order chi connectivity index (χ1) is 19.2. The van der Waals surface area contributed by atoms with Crippen LogP contribution in [0.2, 0.25) is 0 Å². The maximum absolute atomic E-state index is 13.4. The molecule has 1 aliphatic rings. The number of aromatic nitrogens is 1. The maximum Gasteiger partial charge on any atom is 0.408 e. The summed E-state index contributed by atoms with van der Waals surface area (Å²) in [5, 5.41) is 16.7. The van der Waals surface area contributed by atoms with E-state index in [2.05, 4.69) is 20.9 Å². The van der Waals surface area contributed by atoms with Gasteiger partial charge in [0.1, 0.15) is 30.2 Å². The van der Waals surface area contributed by atoms with Gasteiger partial charge in [0.15, 0.2) is 11.5 Å². The van der Waals surface area contributed by atoms with E-state index < -0.39 is 54.4 Å². The number of aryl methyl sites for hydroxylation is 1. The molecule has 210 valence electrons. The minimum absolute atomic E-state index is 0.0474. The van der Waals surface area contributed by atoms with E-state index >= 15 is 0 Å². The molecule has 0 aliphatic carbocycles. The highest BCUT2D eigenvalue weighted by Gasteiger charge is 2.33. The van der Waals surface area contributed by atoms with Crippen molar-refractivity contribution >= 4 is 40.9 Å². The van der Waals surface area contributed by atoms with Gasteiger partial charge in [0, 0.05) is 12.8 Å². The number of hydrogen-bond donors (Lipinski definition) is 4. The predicted molar refractivity (Wildman–Crippen MR) is 138 cm³/mol. The van der Waals surface area contributed by atoms with Crippen LogP contribution in [0.15, 0.2) is 52.9 Å². The number of esters is 1. The van der Waals surface area contributed by atoms with E-state index in [-0.39, 0.29) is 31.8 Å². The Morgan fingerprint density at radius 3 is 2.58 bits per heavy atom. The molecule has 0 fully saturated rings. The van der Waals surface area contributed by atoms with Crippen LogP contribution in [0.1, 0.15) is 29.9 Å². The lowest BCUT2D eigenvalue weighted by Gasteiger charge is -2.24. The van der Waals surface area contributed by atoms with Crippen LogP contribution in [-0.2, 0) is 48.1 Å². The van der Waals surface area contributed by atoms with Crippen molar-refractivity contribution in [2.75, 3.05) is 7.11 Å². The number of amides is 3. The van der Waals surface area contributed by atoms with Crippen molar-refractivity contribution in [1.82, 2.24) is 20.9 Å². The molecule has 2 bridgehead atoms. The number of rotatable bonds is 6. The number of methoxy groups -OCH3 is 1. The van der Waals surface area contributed by atoms with Gasteiger partial charge in [-0.05, 0) is 23.6 Å². The molecule has 4 rings (SSSR count). The van der Waals surface area contributed by atoms with E-state index in [9.17, 15) is 29.1 Å². The van der Waals surface area contributed by atoms with Crippen molar-refractivity contribution in [3.05, 3.63) is 65.5 Å². The SMILES string of the molecule is COC(=O)C1CCc2nc3c(cccc3o2)C[C@H](NC(=O)OCc2ccccc2)C(=O)NC(CC(=O)O)C(=O)N1. The predicted octanol–water partition coefficient (Wildman–Crippen LogP) is 1.23. The fraction of sp³-hybridized carbons (Fsp3) is 0.333. The zero-order valence-corrected chi connectivity index (χ0v) is 21.5. The Morgan fingerprint density at radius 1 is 1.07 bits per heavy atom. The topological polar surface area (TPSA) is 186 Å². The molecule has 1 aromatic heterocycles. The summed E-state index contributed by atoms with van der Waals surface area (Å²) in [6.45, 7) is -0.0534. The molecule has 4 N–H and O–H groups in total. The largest absolute Gasteiger partial charge is 0.481 e. The van der Waals surface area contributed by atoms with Crippen LogP contribution in [0.5, 0.6) is 0 Å². The Kier molecular flexibility index (Phi) is 8.94. The van der Waals surface area contributed by atoms with Gasteiger partial charge in [-0.25, -0.2) is 14.6 Å². The van der Waals surface area contributed by atoms with E-state index in [0.717, 1.165) is 12.7 Å². The molecule has 3 atom stereocenters. The summed E-state index contributed by atoms with van der Waals surface area (Å²) in [5.41, 5.74) is 2.16. The van der Waals surface area contributed by atoms with Crippen molar-refractivity contribution in [3.8, 4) is 0 Å². The summed E-state index contributed by atoms with van der Waals surface area (Å²) in [4.78, 5) is 67.5. The van der Waals surface area contributed by atoms with E-state index in [1.54, 1.807) is 42.5 Å². The van der Waals surface area contributed by atoms with Crippen LogP contribution >= 0.6 is 0 Å². The Morgan fingerprint density at radius 2 is 1.85 bits per heavy atom. The molecule has 40 heavy (non-hydrogen) atoms. The van der Waals surface area contributed by atoms with Gasteiger partial charge in [-0.3, -0.25) is 14.4 Å². The molecule has 2 aromatic carbocycles. The van der Waals surface area contributed by atoms with E-state index in [1.807, 2.05) is 6.07 Å². The van der Waals surface area contributed by atoms with Crippen LogP contribution < -0.4 is 16.0 Å². The molecule has 0 saturated carbocycles. The van der Waals surface area contributed by atoms with Crippen molar-refractivity contribution in [2.24, 2.45) is 0 Å². The highest BCUT2D eigenvalue weighted by Crippen LogP contribution is 2.22. The number of carboxylic acid groups (broad SMARTS) is 1. The second-order valence-electron chi connectivity index (χ2n) is 9.12. The standard InChI is InChI=1S/C27H28N4O9/c1-38-26(36)17-10-11-21-31-23-16(8-5-9-20(23)40-21)12-18(24(34)29-19(13-22(32)33)25(35)28-17)30-27(37)39-14-15-6-3-2-4-7-15/h2-9,17-19H,10-14H2,1H3,(H,28,35)(H,29,34)(H,30,37)(H,32,33)/t17?,18-,19?/m0/s1. The summed E-state index contributed by atoms with van der Waals surface area (Å²) in [6.07, 6.45) is -1.54. The molecule has 3 amide bonds. The first kappa shape index (κ1) is 28.1. The van der Waals surface area contributed by atoms with Gasteiger partial charge >= 0.3 is 18.0 Å². The van der Waals surface area contributed by atoms with Crippen molar-refractivity contribution in [1.29, 1.82) is 0 Å². The summed E-state index contributed by atoms with van der Waals surface area (Å²) in [6, 6.07) is 10.0. The highest BCUT2D eigenvalue weighted by atomic mass is 16.5. The number of carboxylic acids is 1. The summed E-state index contributed by atoms with van der Waals surface area (Å²) in [5.74, 6) is -3.60. The molecule has 2 heterocycles. The number of alkyl carbamates (subject to hydrolysis) is 1. The Labute approximate surface area is 228 Å². The third-order valence-electron chi connectivity index (χ3n) is 6.25. The second kappa shape index (κ2) is 12.7. The molecule has 3 aromatic rings. The zero-order chi connectivity index (χ0) is 28.6. The molecular formula is C27H28N4O9. The first-order valence-corrected chi connectivity index (χ1v) is 12.5. The zero-order valence-electron chi connectivity index (χ0n) is 21.5. The van der Waals surface area contributed by atoms with E-state index in [0.29, 0.717) is 16.7 Å². The summed E-state index contributed by atoms with van der Waals surface area (Å²) < 4.78 is 15.9. The van der Waals surface area contributed by atoms with Crippen LogP contribution in [0.25, 0.3) is 11.1 Å². The summed E-state index contributed by atoms with van der Waals surface area (Å²) in [7, 11) is 1.15. The molecule has 0 saturated heterocycles. The minimum atomic E-state index is -1.55.